The zero-order valence-corrected chi connectivity index (χ0v) is 16.2. The Morgan fingerprint density at radius 3 is 2.36 bits per heavy atom. The summed E-state index contributed by atoms with van der Waals surface area (Å²) in [5.41, 5.74) is 1.67. The first-order valence-electron chi connectivity index (χ1n) is 8.04. The smallest absolute Gasteiger partial charge is 0.237 e. The van der Waals surface area contributed by atoms with Crippen molar-refractivity contribution in [3.05, 3.63) is 60.2 Å². The number of thioether (sulfide) groups is 1. The number of hydrogen-bond donors (Lipinski definition) is 1. The van der Waals surface area contributed by atoms with Crippen molar-refractivity contribution in [3.63, 3.8) is 0 Å². The van der Waals surface area contributed by atoms with Crippen LogP contribution >= 0.6 is 11.8 Å². The summed E-state index contributed by atoms with van der Waals surface area (Å²) in [5.74, 6) is 0.800. The van der Waals surface area contributed by atoms with Gasteiger partial charge in [-0.05, 0) is 29.7 Å². The van der Waals surface area contributed by atoms with Crippen molar-refractivity contribution in [3.8, 4) is 0 Å². The normalized spacial score (nSPS) is 12.8. The van der Waals surface area contributed by atoms with Gasteiger partial charge in [0.1, 0.15) is 0 Å². The fourth-order valence-electron chi connectivity index (χ4n) is 2.35. The van der Waals surface area contributed by atoms with E-state index in [-0.39, 0.29) is 22.0 Å². The van der Waals surface area contributed by atoms with Gasteiger partial charge in [0.05, 0.1) is 10.1 Å². The minimum atomic E-state index is -3.30. The van der Waals surface area contributed by atoms with E-state index in [2.05, 4.69) is 5.32 Å². The highest BCUT2D eigenvalue weighted by Crippen LogP contribution is 2.25. The molecule has 2 aromatic carbocycles. The highest BCUT2D eigenvalue weighted by Gasteiger charge is 2.23. The number of rotatable bonds is 7. The van der Waals surface area contributed by atoms with Crippen molar-refractivity contribution < 1.29 is 13.2 Å². The number of benzene rings is 2. The number of carbonyl (C=O) groups excluding carboxylic acids is 1. The average molecular weight is 378 g/mol. The van der Waals surface area contributed by atoms with Gasteiger partial charge in [0.15, 0.2) is 9.84 Å². The molecule has 0 aliphatic heterocycles. The molecule has 0 saturated carbocycles. The lowest BCUT2D eigenvalue weighted by Gasteiger charge is -2.20. The second-order valence-corrected chi connectivity index (χ2v) is 9.40. The summed E-state index contributed by atoms with van der Waals surface area (Å²) in [7, 11) is -3.30. The largest absolute Gasteiger partial charge is 0.325 e. The third-order valence-corrected chi connectivity index (χ3v) is 6.39. The monoisotopic (exact) mass is 377 g/mol. The second-order valence-electron chi connectivity index (χ2n) is 6.25. The molecule has 25 heavy (non-hydrogen) atoms. The molecule has 2 rings (SSSR count). The zero-order chi connectivity index (χ0) is 18.4. The maximum Gasteiger partial charge on any atom is 0.237 e. The van der Waals surface area contributed by atoms with E-state index in [1.54, 1.807) is 23.9 Å². The van der Waals surface area contributed by atoms with Gasteiger partial charge in [-0.2, -0.15) is 0 Å². The molecule has 1 unspecified atom stereocenters. The summed E-state index contributed by atoms with van der Waals surface area (Å²) in [5, 5.41) is 2.63. The Morgan fingerprint density at radius 1 is 1.08 bits per heavy atom. The van der Waals surface area contributed by atoms with Gasteiger partial charge in [0.25, 0.3) is 0 Å². The van der Waals surface area contributed by atoms with Crippen LogP contribution in [0, 0.1) is 5.92 Å². The predicted octanol–water partition coefficient (Wildman–Crippen LogP) is 3.99. The van der Waals surface area contributed by atoms with Crippen molar-refractivity contribution >= 4 is 33.2 Å². The van der Waals surface area contributed by atoms with E-state index in [4.69, 9.17) is 0 Å². The Balaban J connectivity index is 2.08. The van der Waals surface area contributed by atoms with Crippen LogP contribution in [0.1, 0.15) is 19.4 Å². The minimum Gasteiger partial charge on any atom is -0.325 e. The Hall–Kier alpha value is -1.79. The maximum absolute atomic E-state index is 12.7. The van der Waals surface area contributed by atoms with Gasteiger partial charge in [0, 0.05) is 17.7 Å². The number of nitrogens with one attached hydrogen (secondary N) is 1. The summed E-state index contributed by atoms with van der Waals surface area (Å²) in [4.78, 5) is 12.9. The fraction of sp³-hybridized carbons (Fsp3) is 0.316. The van der Waals surface area contributed by atoms with Crippen LogP contribution in [-0.2, 0) is 20.4 Å². The molecule has 0 spiro atoms. The topological polar surface area (TPSA) is 63.2 Å². The quantitative estimate of drug-likeness (QED) is 0.792. The zero-order valence-electron chi connectivity index (χ0n) is 14.6. The number of carbonyl (C=O) groups is 1. The van der Waals surface area contributed by atoms with Gasteiger partial charge in [-0.15, -0.1) is 11.8 Å². The van der Waals surface area contributed by atoms with E-state index in [0.29, 0.717) is 5.69 Å². The average Bonchev–Trinajstić information content (AvgIpc) is 2.55. The lowest BCUT2D eigenvalue weighted by atomic mass is 10.1. The molecule has 0 saturated heterocycles. The van der Waals surface area contributed by atoms with Gasteiger partial charge < -0.3 is 5.32 Å². The third kappa shape index (κ3) is 5.90. The fourth-order valence-corrected chi connectivity index (χ4v) is 4.18. The molecule has 2 aromatic rings. The lowest BCUT2D eigenvalue weighted by molar-refractivity contribution is -0.116. The van der Waals surface area contributed by atoms with Crippen molar-refractivity contribution in [2.24, 2.45) is 5.92 Å². The van der Waals surface area contributed by atoms with Crippen molar-refractivity contribution in [1.29, 1.82) is 0 Å². The molecule has 0 radical (unpaired) electrons. The molecule has 1 atom stereocenters. The first kappa shape index (κ1) is 19.5. The second kappa shape index (κ2) is 8.54. The van der Waals surface area contributed by atoms with E-state index < -0.39 is 9.84 Å². The molecule has 0 aromatic heterocycles. The summed E-state index contributed by atoms with van der Waals surface area (Å²) in [6.07, 6.45) is 1.15. The maximum atomic E-state index is 12.7. The summed E-state index contributed by atoms with van der Waals surface area (Å²) >= 11 is 1.59. The highest BCUT2D eigenvalue weighted by atomic mass is 32.2. The molecule has 0 heterocycles. The van der Waals surface area contributed by atoms with Crippen LogP contribution in [0.3, 0.4) is 0 Å². The molecule has 4 nitrogen and oxygen atoms in total. The van der Waals surface area contributed by atoms with Gasteiger partial charge >= 0.3 is 0 Å². The van der Waals surface area contributed by atoms with E-state index in [1.165, 1.54) is 17.7 Å². The Kier molecular flexibility index (Phi) is 6.67. The number of hydrogen-bond acceptors (Lipinski definition) is 4. The number of anilines is 1. The van der Waals surface area contributed by atoms with Gasteiger partial charge in [0.2, 0.25) is 5.91 Å². The first-order valence-corrected chi connectivity index (χ1v) is 11.0. The van der Waals surface area contributed by atoms with Crippen molar-refractivity contribution in [2.45, 2.75) is 29.7 Å². The molecule has 0 bridgehead atoms. The van der Waals surface area contributed by atoms with Crippen LogP contribution in [0.5, 0.6) is 0 Å². The molecule has 1 amide bonds. The molecule has 0 fully saturated rings. The predicted molar refractivity (Wildman–Crippen MR) is 105 cm³/mol. The van der Waals surface area contributed by atoms with Crippen LogP contribution in [0.25, 0.3) is 0 Å². The summed E-state index contributed by atoms with van der Waals surface area (Å²) in [6.45, 7) is 4.02. The number of amides is 1. The molecule has 6 heteroatoms. The SMILES string of the molecule is CC(C)C(SCc1ccccc1)C(=O)Nc1cccc(S(C)(=O)=O)c1. The molecule has 1 N–H and O–H groups in total. The highest BCUT2D eigenvalue weighted by molar-refractivity contribution is 7.99. The van der Waals surface area contributed by atoms with Crippen molar-refractivity contribution in [1.82, 2.24) is 0 Å². The van der Waals surface area contributed by atoms with E-state index in [1.807, 2.05) is 44.2 Å². The standard InChI is InChI=1S/C19H23NO3S2/c1-14(2)18(24-13-15-8-5-4-6-9-15)19(21)20-16-10-7-11-17(12-16)25(3,22)23/h4-12,14,18H,13H2,1-3H3,(H,20,21). The van der Waals surface area contributed by atoms with Crippen molar-refractivity contribution in [2.75, 3.05) is 11.6 Å². The molecule has 134 valence electrons. The van der Waals surface area contributed by atoms with Gasteiger partial charge in [-0.1, -0.05) is 50.2 Å². The van der Waals surface area contributed by atoms with Gasteiger partial charge in [-0.25, -0.2) is 8.42 Å². The van der Waals surface area contributed by atoms with Gasteiger partial charge in [-0.3, -0.25) is 4.79 Å². The summed E-state index contributed by atoms with van der Waals surface area (Å²) in [6, 6.07) is 16.4. The third-order valence-electron chi connectivity index (χ3n) is 3.67. The van der Waals surface area contributed by atoms with Crippen LogP contribution in [0.2, 0.25) is 0 Å². The van der Waals surface area contributed by atoms with E-state index in [9.17, 15) is 13.2 Å². The molecule has 0 aliphatic rings. The van der Waals surface area contributed by atoms with E-state index in [0.717, 1.165) is 12.0 Å². The van der Waals surface area contributed by atoms with Crippen LogP contribution < -0.4 is 5.32 Å². The number of sulfone groups is 1. The van der Waals surface area contributed by atoms with Crippen LogP contribution in [0.4, 0.5) is 5.69 Å². The van der Waals surface area contributed by atoms with Crippen LogP contribution in [-0.4, -0.2) is 25.8 Å². The molecule has 0 aliphatic carbocycles. The van der Waals surface area contributed by atoms with E-state index >= 15 is 0 Å². The van der Waals surface area contributed by atoms with Crippen LogP contribution in [0.15, 0.2) is 59.5 Å². The Morgan fingerprint density at radius 2 is 1.76 bits per heavy atom. The Bertz CT molecular complexity index is 818. The molecular weight excluding hydrogens is 354 g/mol. The minimum absolute atomic E-state index is 0.110. The Labute approximate surface area is 154 Å². The lowest BCUT2D eigenvalue weighted by Crippen LogP contribution is -2.29. The summed E-state index contributed by atoms with van der Waals surface area (Å²) < 4.78 is 23.3. The first-order chi connectivity index (χ1) is 11.8. The molecular formula is C19H23NO3S2.